The average molecular weight is 325 g/mol. The van der Waals surface area contributed by atoms with E-state index in [0.717, 1.165) is 0 Å². The van der Waals surface area contributed by atoms with Gasteiger partial charge in [-0.1, -0.05) is 18.2 Å². The van der Waals surface area contributed by atoms with Gasteiger partial charge in [-0.05, 0) is 12.1 Å². The highest BCUT2D eigenvalue weighted by molar-refractivity contribution is 5.94. The van der Waals surface area contributed by atoms with Gasteiger partial charge in [0.05, 0.1) is 0 Å². The number of ether oxygens (including phenoxy) is 2. The zero-order chi connectivity index (χ0) is 17.0. The van der Waals surface area contributed by atoms with Crippen LogP contribution in [0, 0.1) is 0 Å². The van der Waals surface area contributed by atoms with Crippen molar-refractivity contribution in [1.29, 1.82) is 0 Å². The standard InChI is InChI=1S/C15H19NO7/c1-8(17)22-7-10-12(18)13(19)11(15(21)23-10)16-14(20)9-5-3-2-4-6-9/h2-6,10-13,15,18-19,21H,7H2,1H3,(H,16,20)/t10?,11?,12-,13?,15?/m1/s1. The van der Waals surface area contributed by atoms with E-state index in [2.05, 4.69) is 5.32 Å². The lowest BCUT2D eigenvalue weighted by Gasteiger charge is -2.40. The molecule has 126 valence electrons. The number of rotatable bonds is 4. The van der Waals surface area contributed by atoms with Gasteiger partial charge in [0.15, 0.2) is 6.29 Å². The fourth-order valence-corrected chi connectivity index (χ4v) is 2.26. The van der Waals surface area contributed by atoms with E-state index in [-0.39, 0.29) is 6.61 Å². The predicted molar refractivity (Wildman–Crippen MR) is 77.2 cm³/mol. The summed E-state index contributed by atoms with van der Waals surface area (Å²) < 4.78 is 9.82. The average Bonchev–Trinajstić information content (AvgIpc) is 2.54. The van der Waals surface area contributed by atoms with E-state index >= 15 is 0 Å². The molecule has 0 radical (unpaired) electrons. The third-order valence-corrected chi connectivity index (χ3v) is 3.50. The Kier molecular flexibility index (Phi) is 5.67. The second-order valence-electron chi connectivity index (χ2n) is 5.21. The molecule has 1 heterocycles. The second-order valence-corrected chi connectivity index (χ2v) is 5.21. The van der Waals surface area contributed by atoms with Crippen molar-refractivity contribution in [3.05, 3.63) is 35.9 Å². The molecule has 8 nitrogen and oxygen atoms in total. The van der Waals surface area contributed by atoms with Crippen molar-refractivity contribution >= 4 is 11.9 Å². The highest BCUT2D eigenvalue weighted by Gasteiger charge is 2.45. The Bertz CT molecular complexity index is 550. The Morgan fingerprint density at radius 2 is 1.83 bits per heavy atom. The highest BCUT2D eigenvalue weighted by Crippen LogP contribution is 2.20. The first-order chi connectivity index (χ1) is 10.9. The maximum Gasteiger partial charge on any atom is 0.302 e. The molecule has 2 rings (SSSR count). The van der Waals surface area contributed by atoms with E-state index in [0.29, 0.717) is 5.56 Å². The maximum absolute atomic E-state index is 12.1. The number of carbonyl (C=O) groups is 2. The van der Waals surface area contributed by atoms with Crippen molar-refractivity contribution < 1.29 is 34.4 Å². The van der Waals surface area contributed by atoms with Gasteiger partial charge in [-0.15, -0.1) is 0 Å². The minimum Gasteiger partial charge on any atom is -0.463 e. The molecule has 0 saturated carbocycles. The third kappa shape index (κ3) is 4.26. The van der Waals surface area contributed by atoms with Crippen LogP contribution in [0.15, 0.2) is 30.3 Å². The second kappa shape index (κ2) is 7.51. The first-order valence-corrected chi connectivity index (χ1v) is 7.09. The molecule has 8 heteroatoms. The van der Waals surface area contributed by atoms with Gasteiger partial charge in [0.25, 0.3) is 5.91 Å². The molecule has 0 aliphatic carbocycles. The number of hydrogen-bond acceptors (Lipinski definition) is 7. The summed E-state index contributed by atoms with van der Waals surface area (Å²) in [5.74, 6) is -1.10. The van der Waals surface area contributed by atoms with E-state index < -0.39 is 42.5 Å². The zero-order valence-corrected chi connectivity index (χ0v) is 12.5. The van der Waals surface area contributed by atoms with Gasteiger partial charge in [-0.25, -0.2) is 0 Å². The normalized spacial score (nSPS) is 30.5. The van der Waals surface area contributed by atoms with Crippen LogP contribution in [0.3, 0.4) is 0 Å². The molecule has 23 heavy (non-hydrogen) atoms. The fraction of sp³-hybridized carbons (Fsp3) is 0.467. The van der Waals surface area contributed by atoms with Gasteiger partial charge in [-0.3, -0.25) is 9.59 Å². The molecule has 0 aromatic heterocycles. The van der Waals surface area contributed by atoms with Crippen LogP contribution in [0.1, 0.15) is 17.3 Å². The number of hydrogen-bond donors (Lipinski definition) is 4. The molecule has 1 aliphatic rings. The van der Waals surface area contributed by atoms with Gasteiger partial charge < -0.3 is 30.1 Å². The Morgan fingerprint density at radius 3 is 2.43 bits per heavy atom. The molecular formula is C15H19NO7. The molecule has 1 aliphatic heterocycles. The maximum atomic E-state index is 12.1. The van der Waals surface area contributed by atoms with E-state index in [1.54, 1.807) is 30.3 Å². The minimum atomic E-state index is -1.55. The van der Waals surface area contributed by atoms with Crippen LogP contribution >= 0.6 is 0 Å². The molecule has 0 bridgehead atoms. The monoisotopic (exact) mass is 325 g/mol. The molecule has 4 N–H and O–H groups in total. The van der Waals surface area contributed by atoms with E-state index in [4.69, 9.17) is 9.47 Å². The van der Waals surface area contributed by atoms with Crippen LogP contribution in [0.2, 0.25) is 0 Å². The number of aliphatic hydroxyl groups is 3. The smallest absolute Gasteiger partial charge is 0.302 e. The third-order valence-electron chi connectivity index (χ3n) is 3.50. The summed E-state index contributed by atoms with van der Waals surface area (Å²) in [5, 5.41) is 32.4. The van der Waals surface area contributed by atoms with Crippen molar-refractivity contribution in [1.82, 2.24) is 5.32 Å². The lowest BCUT2D eigenvalue weighted by Crippen LogP contribution is -2.64. The number of benzene rings is 1. The predicted octanol–water partition coefficient (Wildman–Crippen LogP) is -1.21. The van der Waals surface area contributed by atoms with Gasteiger partial charge in [0.2, 0.25) is 0 Å². The summed E-state index contributed by atoms with van der Waals surface area (Å²) in [5.41, 5.74) is 0.337. The number of amides is 1. The van der Waals surface area contributed by atoms with Crippen molar-refractivity contribution in [2.45, 2.75) is 37.6 Å². The Hall–Kier alpha value is -2.00. The number of aliphatic hydroxyl groups excluding tert-OH is 3. The number of esters is 1. The lowest BCUT2D eigenvalue weighted by molar-refractivity contribution is -0.254. The van der Waals surface area contributed by atoms with Crippen molar-refractivity contribution in [3.8, 4) is 0 Å². The van der Waals surface area contributed by atoms with E-state index in [1.165, 1.54) is 6.92 Å². The van der Waals surface area contributed by atoms with Gasteiger partial charge in [-0.2, -0.15) is 0 Å². The summed E-state index contributed by atoms with van der Waals surface area (Å²) in [6.07, 6.45) is -5.55. The molecule has 5 atom stereocenters. The van der Waals surface area contributed by atoms with E-state index in [1.807, 2.05) is 0 Å². The molecule has 1 fully saturated rings. The van der Waals surface area contributed by atoms with Crippen molar-refractivity contribution in [2.75, 3.05) is 6.61 Å². The fourth-order valence-electron chi connectivity index (χ4n) is 2.26. The summed E-state index contributed by atoms with van der Waals surface area (Å²) >= 11 is 0. The van der Waals surface area contributed by atoms with Gasteiger partial charge in [0.1, 0.15) is 31.0 Å². The zero-order valence-electron chi connectivity index (χ0n) is 12.5. The van der Waals surface area contributed by atoms with Crippen LogP contribution in [-0.2, 0) is 14.3 Å². The van der Waals surface area contributed by atoms with Crippen LogP contribution in [-0.4, -0.2) is 64.4 Å². The summed E-state index contributed by atoms with van der Waals surface area (Å²) in [4.78, 5) is 22.8. The minimum absolute atomic E-state index is 0.316. The first-order valence-electron chi connectivity index (χ1n) is 7.09. The van der Waals surface area contributed by atoms with Crippen LogP contribution in [0.5, 0.6) is 0 Å². The molecule has 1 aromatic carbocycles. The van der Waals surface area contributed by atoms with Crippen LogP contribution in [0.25, 0.3) is 0 Å². The summed E-state index contributed by atoms with van der Waals surface area (Å²) in [7, 11) is 0. The van der Waals surface area contributed by atoms with Gasteiger partial charge in [0, 0.05) is 12.5 Å². The SMILES string of the molecule is CC(=O)OCC1OC(O)C(NC(=O)c2ccccc2)C(O)[C@@H]1O. The Labute approximate surface area is 132 Å². The Morgan fingerprint density at radius 1 is 1.17 bits per heavy atom. The summed E-state index contributed by atoms with van der Waals surface area (Å²) in [6, 6.07) is 7.00. The largest absolute Gasteiger partial charge is 0.463 e. The topological polar surface area (TPSA) is 125 Å². The molecule has 4 unspecified atom stereocenters. The molecular weight excluding hydrogens is 306 g/mol. The van der Waals surface area contributed by atoms with Gasteiger partial charge >= 0.3 is 5.97 Å². The van der Waals surface area contributed by atoms with Crippen LogP contribution < -0.4 is 5.32 Å². The molecule has 1 aromatic rings. The first kappa shape index (κ1) is 17.4. The molecule has 0 spiro atoms. The van der Waals surface area contributed by atoms with Crippen LogP contribution in [0.4, 0.5) is 0 Å². The van der Waals surface area contributed by atoms with Crippen molar-refractivity contribution in [2.24, 2.45) is 0 Å². The van der Waals surface area contributed by atoms with E-state index in [9.17, 15) is 24.9 Å². The highest BCUT2D eigenvalue weighted by atomic mass is 16.6. The number of nitrogens with one attached hydrogen (secondary N) is 1. The molecule has 1 amide bonds. The lowest BCUT2D eigenvalue weighted by atomic mass is 9.96. The number of carbonyl (C=O) groups excluding carboxylic acids is 2. The van der Waals surface area contributed by atoms with Crippen molar-refractivity contribution in [3.63, 3.8) is 0 Å². The summed E-state index contributed by atoms with van der Waals surface area (Å²) in [6.45, 7) is 0.870. The quantitative estimate of drug-likeness (QED) is 0.512. The molecule has 1 saturated heterocycles. The Balaban J connectivity index is 2.01.